The first-order valence-corrected chi connectivity index (χ1v) is 16.6. The Labute approximate surface area is 260 Å². The summed E-state index contributed by atoms with van der Waals surface area (Å²) >= 11 is 1.02. The predicted molar refractivity (Wildman–Crippen MR) is 176 cm³/mol. The molecule has 2 aromatic carbocycles. The molecule has 2 aliphatic rings. The van der Waals surface area contributed by atoms with E-state index in [9.17, 15) is 14.4 Å². The molecular weight excluding hydrogens is 601 g/mol. The number of carbonyl (C=O) groups is 1. The van der Waals surface area contributed by atoms with E-state index in [-0.39, 0.29) is 32.9 Å². The first-order chi connectivity index (χ1) is 21.0. The number of likely N-dealkylation sites (N-methyl/N-ethyl adjacent to an activating group) is 1. The van der Waals surface area contributed by atoms with Gasteiger partial charge in [-0.2, -0.15) is 5.26 Å². The third kappa shape index (κ3) is 4.93. The van der Waals surface area contributed by atoms with Crippen LogP contribution >= 0.6 is 19.9 Å². The summed E-state index contributed by atoms with van der Waals surface area (Å²) in [5.41, 5.74) is 8.65. The van der Waals surface area contributed by atoms with Crippen LogP contribution in [0.25, 0.3) is 32.2 Å². The van der Waals surface area contributed by atoms with E-state index in [1.54, 1.807) is 11.8 Å². The van der Waals surface area contributed by atoms with Crippen molar-refractivity contribution in [3.05, 3.63) is 52.9 Å². The van der Waals surface area contributed by atoms with E-state index in [1.165, 1.54) is 12.1 Å². The van der Waals surface area contributed by atoms with Crippen LogP contribution in [0.15, 0.2) is 30.1 Å². The summed E-state index contributed by atoms with van der Waals surface area (Å²) in [6.07, 6.45) is 0. The van der Waals surface area contributed by atoms with Gasteiger partial charge >= 0.3 is 0 Å². The fraction of sp³-hybridized carbons (Fsp3) is 0.355. The zero-order chi connectivity index (χ0) is 31.4. The van der Waals surface area contributed by atoms with Crippen molar-refractivity contribution < 1.29 is 13.6 Å². The number of hydrogen-bond donors (Lipinski definition) is 1. The summed E-state index contributed by atoms with van der Waals surface area (Å²) in [7, 11) is 4.34. The molecule has 2 N–H and O–H groups in total. The van der Waals surface area contributed by atoms with Crippen LogP contribution in [-0.4, -0.2) is 91.7 Å². The fourth-order valence-corrected chi connectivity index (χ4v) is 7.17. The van der Waals surface area contributed by atoms with Crippen LogP contribution in [-0.2, 0) is 4.79 Å². The zero-order valence-corrected chi connectivity index (χ0v) is 26.9. The van der Waals surface area contributed by atoms with E-state index in [2.05, 4.69) is 27.4 Å². The van der Waals surface area contributed by atoms with Crippen molar-refractivity contribution >= 4 is 63.6 Å². The molecule has 1 atom stereocenters. The van der Waals surface area contributed by atoms with E-state index in [0.717, 1.165) is 11.3 Å². The maximum atomic E-state index is 16.9. The van der Waals surface area contributed by atoms with E-state index in [0.29, 0.717) is 92.3 Å². The SMILES string of the molecule is C=C(PC)C(=O)N1CCN(c2c(C#N)c(N3CC(N(C)C)C3)nc3c(F)c(-c4ccc(F)c5sc(N)nc45)c(C)cc23)CC1. The first kappa shape index (κ1) is 30.1. The molecule has 0 aliphatic carbocycles. The lowest BCUT2D eigenvalue weighted by atomic mass is 9.94. The monoisotopic (exact) mass is 634 g/mol. The number of nitrogen functional groups attached to an aromatic ring is 1. The van der Waals surface area contributed by atoms with Gasteiger partial charge in [-0.25, -0.2) is 18.7 Å². The van der Waals surface area contributed by atoms with Crippen molar-refractivity contribution in [1.82, 2.24) is 19.8 Å². The van der Waals surface area contributed by atoms with Crippen LogP contribution < -0.4 is 15.5 Å². The highest BCUT2D eigenvalue weighted by Crippen LogP contribution is 2.44. The number of benzene rings is 2. The molecule has 2 aromatic heterocycles. The number of amides is 1. The Morgan fingerprint density at radius 1 is 1.16 bits per heavy atom. The number of nitrogens with zero attached hydrogens (tertiary/aromatic N) is 7. The number of piperazine rings is 1. The quantitative estimate of drug-likeness (QED) is 0.239. The van der Waals surface area contributed by atoms with E-state index >= 15 is 4.39 Å². The first-order valence-electron chi connectivity index (χ1n) is 14.3. The van der Waals surface area contributed by atoms with Gasteiger partial charge in [-0.15, -0.1) is 0 Å². The highest BCUT2D eigenvalue weighted by Gasteiger charge is 2.35. The van der Waals surface area contributed by atoms with Crippen molar-refractivity contribution in [1.29, 1.82) is 5.26 Å². The number of rotatable bonds is 6. The molecule has 228 valence electrons. The van der Waals surface area contributed by atoms with Gasteiger partial charge in [0.1, 0.15) is 28.8 Å². The fourth-order valence-electron chi connectivity index (χ4n) is 6.03. The molecule has 0 spiro atoms. The summed E-state index contributed by atoms with van der Waals surface area (Å²) < 4.78 is 31.8. The lowest BCUT2D eigenvalue weighted by Crippen LogP contribution is -2.58. The number of hydrogen-bond acceptors (Lipinski definition) is 9. The normalized spacial score (nSPS) is 16.0. The van der Waals surface area contributed by atoms with Gasteiger partial charge in [0.2, 0.25) is 0 Å². The summed E-state index contributed by atoms with van der Waals surface area (Å²) in [6, 6.07) is 7.35. The van der Waals surface area contributed by atoms with Crippen molar-refractivity contribution in [2.75, 3.05) is 75.6 Å². The van der Waals surface area contributed by atoms with Crippen LogP contribution in [0.5, 0.6) is 0 Å². The van der Waals surface area contributed by atoms with Crippen LogP contribution in [0.2, 0.25) is 0 Å². The van der Waals surface area contributed by atoms with Crippen LogP contribution in [0.3, 0.4) is 0 Å². The molecule has 44 heavy (non-hydrogen) atoms. The molecule has 4 heterocycles. The highest BCUT2D eigenvalue weighted by atomic mass is 32.1. The number of nitriles is 1. The third-order valence-corrected chi connectivity index (χ3v) is 10.3. The number of thiazole rings is 1. The topological polar surface area (TPSA) is 106 Å². The third-order valence-electron chi connectivity index (χ3n) is 8.60. The summed E-state index contributed by atoms with van der Waals surface area (Å²) in [5, 5.41) is 11.8. The molecule has 2 aliphatic heterocycles. The number of pyridine rings is 1. The second kappa shape index (κ2) is 11.5. The van der Waals surface area contributed by atoms with Gasteiger partial charge in [-0.1, -0.05) is 26.5 Å². The Hall–Kier alpha value is -3.91. The van der Waals surface area contributed by atoms with E-state index in [4.69, 9.17) is 10.7 Å². The Kier molecular flexibility index (Phi) is 7.91. The summed E-state index contributed by atoms with van der Waals surface area (Å²) in [5.74, 6) is -0.651. The summed E-state index contributed by atoms with van der Waals surface area (Å²) in [4.78, 5) is 29.9. The minimum absolute atomic E-state index is 0.0543. The Morgan fingerprint density at radius 2 is 1.86 bits per heavy atom. The van der Waals surface area contributed by atoms with Gasteiger partial charge in [-0.05, 0) is 51.4 Å². The van der Waals surface area contributed by atoms with Crippen molar-refractivity contribution in [2.45, 2.75) is 13.0 Å². The largest absolute Gasteiger partial charge is 0.375 e. The maximum absolute atomic E-state index is 16.9. The molecule has 9 nitrogen and oxygen atoms in total. The molecule has 0 radical (unpaired) electrons. The second-order valence-corrected chi connectivity index (χ2v) is 13.5. The van der Waals surface area contributed by atoms with E-state index in [1.807, 2.05) is 31.7 Å². The maximum Gasteiger partial charge on any atom is 0.253 e. The van der Waals surface area contributed by atoms with Crippen LogP contribution in [0.1, 0.15) is 11.1 Å². The number of fused-ring (bicyclic) bond motifs is 2. The number of anilines is 3. The van der Waals surface area contributed by atoms with Gasteiger partial charge in [0.15, 0.2) is 10.9 Å². The molecule has 1 unspecified atom stereocenters. The van der Waals surface area contributed by atoms with Gasteiger partial charge in [0.25, 0.3) is 5.91 Å². The highest BCUT2D eigenvalue weighted by molar-refractivity contribution is 7.43. The zero-order valence-electron chi connectivity index (χ0n) is 25.0. The molecule has 0 bridgehead atoms. The summed E-state index contributed by atoms with van der Waals surface area (Å²) in [6.45, 7) is 10.8. The van der Waals surface area contributed by atoms with Crippen molar-refractivity contribution in [2.24, 2.45) is 0 Å². The molecule has 2 fully saturated rings. The molecule has 6 rings (SSSR count). The predicted octanol–water partition coefficient (Wildman–Crippen LogP) is 4.77. The molecular formula is C31H33F2N8OPS. The number of nitrogens with two attached hydrogens (primary N) is 1. The molecule has 2 saturated heterocycles. The smallest absolute Gasteiger partial charge is 0.253 e. The lowest BCUT2D eigenvalue weighted by Gasteiger charge is -2.44. The molecule has 0 saturated carbocycles. The lowest BCUT2D eigenvalue weighted by molar-refractivity contribution is -0.126. The number of halogens is 2. The Balaban J connectivity index is 1.53. The standard InChI is InChI=1S/C31H33F2N8OPS/c1-16-12-20-25(24(33)23(16)19-6-7-22(32)28-26(19)37-31(35)44-28)36-29(41-14-18(15-41)38(3)4)21(13-34)27(20)39-8-10-40(11-9-39)30(42)17(2)43-5/h6-7,12,18,43H,2,8-11,14-15H2,1,3-5H3,(H2,35,37). The van der Waals surface area contributed by atoms with Gasteiger partial charge < -0.3 is 25.3 Å². The van der Waals surface area contributed by atoms with Gasteiger partial charge in [0.05, 0.1) is 15.9 Å². The second-order valence-electron chi connectivity index (χ2n) is 11.4. The number of carbonyl (C=O) groups excluding carboxylic acids is 1. The number of aromatic nitrogens is 2. The minimum atomic E-state index is -0.565. The van der Waals surface area contributed by atoms with E-state index < -0.39 is 11.6 Å². The average molecular weight is 635 g/mol. The molecule has 4 aromatic rings. The molecule has 1 amide bonds. The molecule has 13 heteroatoms. The van der Waals surface area contributed by atoms with Gasteiger partial charge in [0, 0.05) is 67.1 Å². The average Bonchev–Trinajstić information content (AvgIpc) is 3.38. The van der Waals surface area contributed by atoms with Crippen molar-refractivity contribution in [3.8, 4) is 17.2 Å². The Morgan fingerprint density at radius 3 is 2.50 bits per heavy atom. The Bertz CT molecular complexity index is 1870. The minimum Gasteiger partial charge on any atom is -0.375 e. The van der Waals surface area contributed by atoms with Crippen LogP contribution in [0, 0.1) is 29.9 Å². The van der Waals surface area contributed by atoms with Crippen molar-refractivity contribution in [3.63, 3.8) is 0 Å². The van der Waals surface area contributed by atoms with Gasteiger partial charge in [-0.3, -0.25) is 4.79 Å². The number of aryl methyl sites for hydroxylation is 1. The van der Waals surface area contributed by atoms with Crippen LogP contribution in [0.4, 0.5) is 25.4 Å².